The van der Waals surface area contributed by atoms with Gasteiger partial charge in [0.05, 0.1) is 6.61 Å². The van der Waals surface area contributed by atoms with E-state index in [1.54, 1.807) is 0 Å². The van der Waals surface area contributed by atoms with Crippen LogP contribution in [0, 0.1) is 0 Å². The molecule has 0 saturated carbocycles. The number of carboxylic acid groups (broad SMARTS) is 1. The SMILES string of the molecule is O=C(O)C(F)(F)F.O=S(=O)(NCCO)c1ccc(-c2ccnc3[nH]c(C(F)(F)F)cc23)s1. The number of sulfonamides is 1. The van der Waals surface area contributed by atoms with Crippen LogP contribution in [0.25, 0.3) is 21.5 Å². The van der Waals surface area contributed by atoms with Crippen LogP contribution >= 0.6 is 11.3 Å². The van der Waals surface area contributed by atoms with E-state index in [1.165, 1.54) is 24.4 Å². The van der Waals surface area contributed by atoms with Gasteiger partial charge in [-0.3, -0.25) is 0 Å². The van der Waals surface area contributed by atoms with Gasteiger partial charge in [-0.2, -0.15) is 26.3 Å². The molecule has 8 nitrogen and oxygen atoms in total. The van der Waals surface area contributed by atoms with Gasteiger partial charge in [-0.15, -0.1) is 11.3 Å². The Balaban J connectivity index is 0.000000451. The smallest absolute Gasteiger partial charge is 0.475 e. The molecule has 3 aromatic heterocycles. The number of hydrogen-bond donors (Lipinski definition) is 4. The topological polar surface area (TPSA) is 132 Å². The lowest BCUT2D eigenvalue weighted by Gasteiger charge is -2.02. The highest BCUT2D eigenvalue weighted by atomic mass is 32.2. The van der Waals surface area contributed by atoms with Gasteiger partial charge in [0, 0.05) is 28.6 Å². The third-order valence-electron chi connectivity index (χ3n) is 3.60. The molecule has 0 atom stereocenters. The molecule has 0 radical (unpaired) electrons. The number of halogens is 6. The van der Waals surface area contributed by atoms with E-state index in [0.717, 1.165) is 17.4 Å². The molecule has 4 N–H and O–H groups in total. The molecule has 3 rings (SSSR count). The number of aliphatic hydroxyl groups is 1. The first-order valence-electron chi connectivity index (χ1n) is 8.22. The fourth-order valence-corrected chi connectivity index (χ4v) is 4.67. The summed E-state index contributed by atoms with van der Waals surface area (Å²) in [5.41, 5.74) is -0.400. The monoisotopic (exact) mass is 505 g/mol. The van der Waals surface area contributed by atoms with E-state index in [4.69, 9.17) is 15.0 Å². The van der Waals surface area contributed by atoms with Crippen LogP contribution < -0.4 is 4.72 Å². The number of alkyl halides is 6. The average molecular weight is 505 g/mol. The molecule has 0 bridgehead atoms. The fraction of sp³-hybridized carbons (Fsp3) is 0.250. The maximum atomic E-state index is 12.9. The Hall–Kier alpha value is -2.69. The van der Waals surface area contributed by atoms with Crippen LogP contribution in [0.2, 0.25) is 0 Å². The van der Waals surface area contributed by atoms with Crippen molar-refractivity contribution in [3.8, 4) is 10.4 Å². The van der Waals surface area contributed by atoms with Gasteiger partial charge in [-0.05, 0) is 24.3 Å². The summed E-state index contributed by atoms with van der Waals surface area (Å²) in [4.78, 5) is 15.5. The lowest BCUT2D eigenvalue weighted by molar-refractivity contribution is -0.192. The number of rotatable bonds is 5. The number of aromatic nitrogens is 2. The van der Waals surface area contributed by atoms with E-state index in [1.807, 2.05) is 0 Å². The number of carbonyl (C=O) groups is 1. The molecular weight excluding hydrogens is 492 g/mol. The van der Waals surface area contributed by atoms with Gasteiger partial charge in [-0.25, -0.2) is 22.9 Å². The molecule has 0 unspecified atom stereocenters. The lowest BCUT2D eigenvalue weighted by Crippen LogP contribution is -2.25. The number of nitrogens with one attached hydrogen (secondary N) is 2. The first-order valence-corrected chi connectivity index (χ1v) is 10.5. The van der Waals surface area contributed by atoms with Crippen molar-refractivity contribution in [1.82, 2.24) is 14.7 Å². The Morgan fingerprint density at radius 3 is 2.31 bits per heavy atom. The molecule has 0 aromatic carbocycles. The Kier molecular flexibility index (Phi) is 7.54. The molecule has 0 aliphatic carbocycles. The first kappa shape index (κ1) is 25.6. The third kappa shape index (κ3) is 6.18. The zero-order valence-electron chi connectivity index (χ0n) is 15.5. The quantitative estimate of drug-likeness (QED) is 0.394. The maximum absolute atomic E-state index is 12.9. The van der Waals surface area contributed by atoms with E-state index < -0.39 is 34.0 Å². The summed E-state index contributed by atoms with van der Waals surface area (Å²) in [5.74, 6) is -2.76. The summed E-state index contributed by atoms with van der Waals surface area (Å²) < 4.78 is 96.7. The summed E-state index contributed by atoms with van der Waals surface area (Å²) in [6.45, 7) is -0.464. The number of nitrogens with zero attached hydrogens (tertiary/aromatic N) is 1. The van der Waals surface area contributed by atoms with E-state index in [-0.39, 0.29) is 28.4 Å². The number of aromatic amines is 1. The predicted molar refractivity (Wildman–Crippen MR) is 100 cm³/mol. The van der Waals surface area contributed by atoms with Crippen molar-refractivity contribution < 1.29 is 49.8 Å². The third-order valence-corrected chi connectivity index (χ3v) is 6.67. The molecule has 0 amide bonds. The summed E-state index contributed by atoms with van der Waals surface area (Å²) in [7, 11) is -3.78. The minimum Gasteiger partial charge on any atom is -0.475 e. The number of pyridine rings is 1. The fourth-order valence-electron chi connectivity index (χ4n) is 2.25. The predicted octanol–water partition coefficient (Wildman–Crippen LogP) is 3.21. The van der Waals surface area contributed by atoms with E-state index >= 15 is 0 Å². The molecule has 0 aliphatic heterocycles. The highest BCUT2D eigenvalue weighted by molar-refractivity contribution is 7.91. The minimum atomic E-state index is -5.08. The van der Waals surface area contributed by atoms with E-state index in [2.05, 4.69) is 14.7 Å². The van der Waals surface area contributed by atoms with Crippen LogP contribution in [-0.2, 0) is 21.0 Å². The average Bonchev–Trinajstić information content (AvgIpc) is 3.33. The van der Waals surface area contributed by atoms with Crippen LogP contribution in [0.15, 0.2) is 34.7 Å². The Bertz CT molecular complexity index is 1200. The molecule has 3 aromatic rings. The molecule has 0 aliphatic rings. The molecular formula is C16H13F6N3O5S2. The summed E-state index contributed by atoms with van der Waals surface area (Å²) in [5, 5.41) is 16.1. The van der Waals surface area contributed by atoms with Crippen LogP contribution in [0.3, 0.4) is 0 Å². The van der Waals surface area contributed by atoms with Gasteiger partial charge in [0.25, 0.3) is 0 Å². The summed E-state index contributed by atoms with van der Waals surface area (Å²) in [6.07, 6.45) is -8.26. The number of thiophene rings is 1. The second-order valence-corrected chi connectivity index (χ2v) is 8.92. The number of aliphatic carboxylic acids is 1. The van der Waals surface area contributed by atoms with Crippen molar-refractivity contribution in [2.24, 2.45) is 0 Å². The summed E-state index contributed by atoms with van der Waals surface area (Å²) >= 11 is 0.920. The number of carboxylic acids is 1. The normalized spacial score (nSPS) is 12.5. The van der Waals surface area contributed by atoms with E-state index in [9.17, 15) is 34.8 Å². The molecule has 32 heavy (non-hydrogen) atoms. The maximum Gasteiger partial charge on any atom is 0.490 e. The Labute approximate surface area is 179 Å². The second-order valence-electron chi connectivity index (χ2n) is 5.84. The van der Waals surface area contributed by atoms with Crippen LogP contribution in [0.4, 0.5) is 26.3 Å². The van der Waals surface area contributed by atoms with Gasteiger partial charge in [0.1, 0.15) is 15.6 Å². The second kappa shape index (κ2) is 9.43. The molecule has 16 heteroatoms. The van der Waals surface area contributed by atoms with Gasteiger partial charge < -0.3 is 15.2 Å². The zero-order chi connectivity index (χ0) is 24.3. The van der Waals surface area contributed by atoms with Gasteiger partial charge >= 0.3 is 18.3 Å². The van der Waals surface area contributed by atoms with Gasteiger partial charge in [0.15, 0.2) is 0 Å². The Morgan fingerprint density at radius 2 is 1.78 bits per heavy atom. The van der Waals surface area contributed by atoms with Crippen molar-refractivity contribution in [3.05, 3.63) is 36.2 Å². The number of H-pyrrole nitrogens is 1. The molecule has 0 fully saturated rings. The largest absolute Gasteiger partial charge is 0.490 e. The molecule has 0 saturated heterocycles. The summed E-state index contributed by atoms with van der Waals surface area (Å²) in [6, 6.07) is 5.37. The molecule has 0 spiro atoms. The van der Waals surface area contributed by atoms with Gasteiger partial charge in [0.2, 0.25) is 10.0 Å². The van der Waals surface area contributed by atoms with Crippen LogP contribution in [0.5, 0.6) is 0 Å². The lowest BCUT2D eigenvalue weighted by atomic mass is 10.1. The minimum absolute atomic E-state index is 0.00694. The van der Waals surface area contributed by atoms with Crippen LogP contribution in [-0.4, -0.2) is 53.9 Å². The van der Waals surface area contributed by atoms with Crippen molar-refractivity contribution >= 4 is 38.4 Å². The van der Waals surface area contributed by atoms with Crippen LogP contribution in [0.1, 0.15) is 5.69 Å². The highest BCUT2D eigenvalue weighted by Crippen LogP contribution is 2.37. The number of aliphatic hydroxyl groups excluding tert-OH is 1. The van der Waals surface area contributed by atoms with Crippen molar-refractivity contribution in [3.63, 3.8) is 0 Å². The number of hydrogen-bond acceptors (Lipinski definition) is 6. The zero-order valence-corrected chi connectivity index (χ0v) is 17.1. The standard InChI is InChI=1S/C14H12F3N3O3S2.C2HF3O2/c15-14(16,17)11-7-9-8(3-4-18-13(9)20-11)10-1-2-12(24-10)25(22,23)19-5-6-21;3-2(4,5)1(6)7/h1-4,7,19,21H,5-6H2,(H,18,20);(H,6,7). The Morgan fingerprint density at radius 1 is 1.16 bits per heavy atom. The molecule has 3 heterocycles. The highest BCUT2D eigenvalue weighted by Gasteiger charge is 2.38. The number of fused-ring (bicyclic) bond motifs is 1. The first-order chi connectivity index (χ1) is 14.7. The van der Waals surface area contributed by atoms with Gasteiger partial charge in [-0.1, -0.05) is 0 Å². The van der Waals surface area contributed by atoms with Crippen molar-refractivity contribution in [2.45, 2.75) is 16.6 Å². The van der Waals surface area contributed by atoms with Crippen molar-refractivity contribution in [2.75, 3.05) is 13.2 Å². The van der Waals surface area contributed by atoms with E-state index in [0.29, 0.717) is 10.4 Å². The molecule has 176 valence electrons. The van der Waals surface area contributed by atoms with Crippen molar-refractivity contribution in [1.29, 1.82) is 0 Å².